The highest BCUT2D eigenvalue weighted by molar-refractivity contribution is 9.11. The number of hydrogen-bond acceptors (Lipinski definition) is 3. The van der Waals surface area contributed by atoms with Crippen molar-refractivity contribution in [3.05, 3.63) is 26.9 Å². The quantitative estimate of drug-likeness (QED) is 0.799. The van der Waals surface area contributed by atoms with Crippen molar-refractivity contribution in [2.75, 3.05) is 6.54 Å². The van der Waals surface area contributed by atoms with Crippen molar-refractivity contribution in [3.8, 4) is 0 Å². The number of carbonyl (C=O) groups is 1. The van der Waals surface area contributed by atoms with Crippen molar-refractivity contribution in [2.45, 2.75) is 32.9 Å². The van der Waals surface area contributed by atoms with Gasteiger partial charge in [0.1, 0.15) is 0 Å². The fraction of sp³-hybridized carbons (Fsp3) is 0.500. The number of nitrogens with one attached hydrogen (secondary N) is 2. The van der Waals surface area contributed by atoms with Crippen molar-refractivity contribution >= 4 is 37.8 Å². The molecule has 1 atom stereocenters. The molecule has 100 valence electrons. The molecule has 0 saturated carbocycles. The van der Waals surface area contributed by atoms with Gasteiger partial charge in [-0.25, -0.2) is 0 Å². The molecular weight excluding hydrogens is 362 g/mol. The zero-order valence-corrected chi connectivity index (χ0v) is 13.6. The van der Waals surface area contributed by atoms with Crippen LogP contribution in [-0.4, -0.2) is 23.5 Å². The Morgan fingerprint density at radius 1 is 1.50 bits per heavy atom. The van der Waals surface area contributed by atoms with Crippen molar-refractivity contribution in [1.29, 1.82) is 0 Å². The van der Waals surface area contributed by atoms with E-state index in [1.54, 1.807) is 6.20 Å². The van der Waals surface area contributed by atoms with Crippen LogP contribution in [0.1, 0.15) is 26.0 Å². The molecular formula is C12H17Br2N3O. The first-order valence-corrected chi connectivity index (χ1v) is 7.44. The lowest BCUT2D eigenvalue weighted by atomic mass is 10.3. The summed E-state index contributed by atoms with van der Waals surface area (Å²) in [5.74, 6) is 0.0186. The maximum atomic E-state index is 11.6. The van der Waals surface area contributed by atoms with Gasteiger partial charge in [-0.15, -0.1) is 0 Å². The Balaban J connectivity index is 2.46. The largest absolute Gasteiger partial charge is 0.355 e. The number of pyridine rings is 1. The molecule has 1 unspecified atom stereocenters. The highest BCUT2D eigenvalue weighted by atomic mass is 79.9. The molecule has 1 heterocycles. The third kappa shape index (κ3) is 5.04. The molecule has 0 spiro atoms. The van der Waals surface area contributed by atoms with Gasteiger partial charge in [0.05, 0.1) is 11.7 Å². The summed E-state index contributed by atoms with van der Waals surface area (Å²) in [6, 6.07) is 1.71. The van der Waals surface area contributed by atoms with Crippen molar-refractivity contribution in [2.24, 2.45) is 0 Å². The molecule has 4 nitrogen and oxygen atoms in total. The monoisotopic (exact) mass is 377 g/mol. The van der Waals surface area contributed by atoms with Crippen LogP contribution in [0, 0.1) is 0 Å². The lowest BCUT2D eigenvalue weighted by Gasteiger charge is -2.14. The molecule has 0 bridgehead atoms. The van der Waals surface area contributed by atoms with E-state index in [-0.39, 0.29) is 11.9 Å². The molecule has 0 aromatic carbocycles. The van der Waals surface area contributed by atoms with E-state index in [0.29, 0.717) is 13.1 Å². The molecule has 1 aromatic rings. The van der Waals surface area contributed by atoms with E-state index in [2.05, 4.69) is 47.5 Å². The van der Waals surface area contributed by atoms with Crippen LogP contribution in [0.15, 0.2) is 21.2 Å². The van der Waals surface area contributed by atoms with Gasteiger partial charge in [-0.2, -0.15) is 0 Å². The maximum Gasteiger partial charge on any atom is 0.236 e. The Bertz CT molecular complexity index is 412. The molecule has 0 aliphatic carbocycles. The fourth-order valence-electron chi connectivity index (χ4n) is 1.32. The molecule has 0 saturated heterocycles. The minimum absolute atomic E-state index is 0.0186. The number of amides is 1. The Morgan fingerprint density at radius 3 is 2.83 bits per heavy atom. The summed E-state index contributed by atoms with van der Waals surface area (Å²) in [6.45, 7) is 5.14. The maximum absolute atomic E-state index is 11.6. The third-order valence-electron chi connectivity index (χ3n) is 2.40. The van der Waals surface area contributed by atoms with E-state index in [1.807, 2.05) is 19.9 Å². The van der Waals surface area contributed by atoms with Crippen LogP contribution in [0.4, 0.5) is 0 Å². The van der Waals surface area contributed by atoms with E-state index < -0.39 is 0 Å². The van der Waals surface area contributed by atoms with Crippen molar-refractivity contribution in [1.82, 2.24) is 15.6 Å². The zero-order chi connectivity index (χ0) is 13.5. The van der Waals surface area contributed by atoms with E-state index in [1.165, 1.54) is 0 Å². The van der Waals surface area contributed by atoms with Gasteiger partial charge in [-0.1, -0.05) is 6.92 Å². The molecule has 1 aromatic heterocycles. The van der Waals surface area contributed by atoms with Crippen LogP contribution in [0.2, 0.25) is 0 Å². The predicted molar refractivity (Wildman–Crippen MR) is 79.2 cm³/mol. The van der Waals surface area contributed by atoms with E-state index in [0.717, 1.165) is 21.1 Å². The summed E-state index contributed by atoms with van der Waals surface area (Å²) in [4.78, 5) is 15.9. The summed E-state index contributed by atoms with van der Waals surface area (Å²) >= 11 is 6.79. The normalized spacial score (nSPS) is 12.2. The summed E-state index contributed by atoms with van der Waals surface area (Å²) < 4.78 is 1.84. The van der Waals surface area contributed by atoms with Crippen LogP contribution in [-0.2, 0) is 11.3 Å². The number of rotatable bonds is 6. The molecule has 0 aliphatic heterocycles. The standard InChI is InChI=1S/C12H17Br2N3O/c1-3-4-15-12(18)8(2)16-7-11-10(14)5-9(13)6-17-11/h5-6,8,16H,3-4,7H2,1-2H3,(H,15,18). The van der Waals surface area contributed by atoms with Crippen LogP contribution in [0.3, 0.4) is 0 Å². The molecule has 6 heteroatoms. The Hall–Kier alpha value is -0.460. The van der Waals surface area contributed by atoms with Gasteiger partial charge < -0.3 is 10.6 Å². The van der Waals surface area contributed by atoms with Crippen LogP contribution in [0.25, 0.3) is 0 Å². The van der Waals surface area contributed by atoms with Crippen LogP contribution in [0.5, 0.6) is 0 Å². The second-order valence-corrected chi connectivity index (χ2v) is 5.75. The number of carbonyl (C=O) groups excluding carboxylic acids is 1. The second kappa shape index (κ2) is 7.86. The molecule has 1 amide bonds. The number of halogens is 2. The van der Waals surface area contributed by atoms with Crippen LogP contribution < -0.4 is 10.6 Å². The van der Waals surface area contributed by atoms with E-state index >= 15 is 0 Å². The first kappa shape index (κ1) is 15.6. The predicted octanol–water partition coefficient (Wildman–Crippen LogP) is 2.61. The lowest BCUT2D eigenvalue weighted by molar-refractivity contribution is -0.122. The summed E-state index contributed by atoms with van der Waals surface area (Å²) in [7, 11) is 0. The number of hydrogen-bond donors (Lipinski definition) is 2. The minimum Gasteiger partial charge on any atom is -0.355 e. The van der Waals surface area contributed by atoms with E-state index in [4.69, 9.17) is 0 Å². The highest BCUT2D eigenvalue weighted by Gasteiger charge is 2.12. The van der Waals surface area contributed by atoms with Gasteiger partial charge in [0, 0.05) is 28.2 Å². The average molecular weight is 379 g/mol. The lowest BCUT2D eigenvalue weighted by Crippen LogP contribution is -2.42. The topological polar surface area (TPSA) is 54.0 Å². The van der Waals surface area contributed by atoms with Gasteiger partial charge in [0.25, 0.3) is 0 Å². The van der Waals surface area contributed by atoms with Crippen molar-refractivity contribution < 1.29 is 4.79 Å². The molecule has 1 rings (SSSR count). The Labute approximate surface area is 124 Å². The van der Waals surface area contributed by atoms with Gasteiger partial charge >= 0.3 is 0 Å². The Kier molecular flexibility index (Phi) is 6.81. The first-order valence-electron chi connectivity index (χ1n) is 5.85. The molecule has 2 N–H and O–H groups in total. The van der Waals surface area contributed by atoms with Gasteiger partial charge in [0.15, 0.2) is 0 Å². The van der Waals surface area contributed by atoms with Crippen molar-refractivity contribution in [3.63, 3.8) is 0 Å². The number of nitrogens with zero attached hydrogens (tertiary/aromatic N) is 1. The Morgan fingerprint density at radius 2 is 2.22 bits per heavy atom. The smallest absolute Gasteiger partial charge is 0.236 e. The highest BCUT2D eigenvalue weighted by Crippen LogP contribution is 2.19. The summed E-state index contributed by atoms with van der Waals surface area (Å²) in [6.07, 6.45) is 2.68. The third-order valence-corrected chi connectivity index (χ3v) is 3.52. The molecule has 0 fully saturated rings. The zero-order valence-electron chi connectivity index (χ0n) is 10.5. The summed E-state index contributed by atoms with van der Waals surface area (Å²) in [5, 5.41) is 6.00. The molecule has 18 heavy (non-hydrogen) atoms. The van der Waals surface area contributed by atoms with Gasteiger partial charge in [-0.3, -0.25) is 9.78 Å². The SMILES string of the molecule is CCCNC(=O)C(C)NCc1ncc(Br)cc1Br. The average Bonchev–Trinajstić information content (AvgIpc) is 2.34. The molecule has 0 radical (unpaired) electrons. The fourth-order valence-corrected chi connectivity index (χ4v) is 2.44. The number of aromatic nitrogens is 1. The second-order valence-electron chi connectivity index (χ2n) is 3.98. The van der Waals surface area contributed by atoms with E-state index in [9.17, 15) is 4.79 Å². The van der Waals surface area contributed by atoms with Crippen LogP contribution >= 0.6 is 31.9 Å². The summed E-state index contributed by atoms with van der Waals surface area (Å²) in [5.41, 5.74) is 0.883. The first-order chi connectivity index (χ1) is 8.54. The minimum atomic E-state index is -0.228. The molecule has 0 aliphatic rings. The van der Waals surface area contributed by atoms with Gasteiger partial charge in [-0.05, 0) is 51.3 Å². The van der Waals surface area contributed by atoms with Gasteiger partial charge in [0.2, 0.25) is 5.91 Å².